The summed E-state index contributed by atoms with van der Waals surface area (Å²) in [6.07, 6.45) is 8.79. The van der Waals surface area contributed by atoms with Gasteiger partial charge in [0.2, 0.25) is 0 Å². The molecular weight excluding hydrogens is 427 g/mol. The number of aryl methyl sites for hydroxylation is 1. The number of hydrogen-bond acceptors (Lipinski definition) is 3. The standard InChI is InChI=1S/C26H26Cl2N2O/c1-15(2)21-13-29-25-9-16(3)19(17-10-23(27)22(14-31)24(28)11-17)12-20(25)26(21)30-18-7-5-4-6-8-18/h9-14,18H,1,4-8H2,2-3H3,(H,29,30). The second-order valence-corrected chi connectivity index (χ2v) is 9.28. The Morgan fingerprint density at radius 2 is 1.81 bits per heavy atom. The van der Waals surface area contributed by atoms with Gasteiger partial charge in [0.15, 0.2) is 6.29 Å². The molecule has 1 fully saturated rings. The molecule has 1 heterocycles. The smallest absolute Gasteiger partial charge is 0.153 e. The van der Waals surface area contributed by atoms with Gasteiger partial charge in [-0.15, -0.1) is 0 Å². The predicted molar refractivity (Wildman–Crippen MR) is 133 cm³/mol. The van der Waals surface area contributed by atoms with Crippen LogP contribution in [0.5, 0.6) is 0 Å². The summed E-state index contributed by atoms with van der Waals surface area (Å²) in [5.41, 5.74) is 7.33. The van der Waals surface area contributed by atoms with Gasteiger partial charge in [0.1, 0.15) is 0 Å². The van der Waals surface area contributed by atoms with E-state index in [9.17, 15) is 4.79 Å². The number of aromatic nitrogens is 1. The van der Waals surface area contributed by atoms with Gasteiger partial charge in [0, 0.05) is 23.2 Å². The van der Waals surface area contributed by atoms with Crippen LogP contribution in [0, 0.1) is 6.92 Å². The van der Waals surface area contributed by atoms with Gasteiger partial charge in [0.25, 0.3) is 0 Å². The fourth-order valence-electron chi connectivity index (χ4n) is 4.44. The average Bonchev–Trinajstić information content (AvgIpc) is 2.73. The lowest BCUT2D eigenvalue weighted by Crippen LogP contribution is -2.23. The van der Waals surface area contributed by atoms with Crippen LogP contribution in [0.3, 0.4) is 0 Å². The quantitative estimate of drug-likeness (QED) is 0.397. The predicted octanol–water partition coefficient (Wildman–Crippen LogP) is 8.11. The summed E-state index contributed by atoms with van der Waals surface area (Å²) >= 11 is 12.7. The number of pyridine rings is 1. The third kappa shape index (κ3) is 4.35. The molecule has 0 atom stereocenters. The zero-order chi connectivity index (χ0) is 22.1. The molecule has 0 amide bonds. The highest BCUT2D eigenvalue weighted by atomic mass is 35.5. The maximum Gasteiger partial charge on any atom is 0.153 e. The van der Waals surface area contributed by atoms with Crippen molar-refractivity contribution in [1.29, 1.82) is 0 Å². The molecule has 0 spiro atoms. The summed E-state index contributed by atoms with van der Waals surface area (Å²) in [5.74, 6) is 0. The third-order valence-corrected chi connectivity index (χ3v) is 6.76. The number of nitrogens with one attached hydrogen (secondary N) is 1. The molecule has 1 N–H and O–H groups in total. The Balaban J connectivity index is 1.90. The van der Waals surface area contributed by atoms with Gasteiger partial charge in [0.05, 0.1) is 26.8 Å². The second-order valence-electron chi connectivity index (χ2n) is 8.46. The van der Waals surface area contributed by atoms with Gasteiger partial charge in [-0.3, -0.25) is 9.78 Å². The Hall–Kier alpha value is -2.36. The molecule has 0 bridgehead atoms. The molecule has 2 aromatic carbocycles. The Bertz CT molecular complexity index is 1160. The number of carbonyl (C=O) groups is 1. The van der Waals surface area contributed by atoms with Crippen LogP contribution >= 0.6 is 23.2 Å². The molecule has 1 aliphatic carbocycles. The average molecular weight is 453 g/mol. The van der Waals surface area contributed by atoms with E-state index in [4.69, 9.17) is 28.2 Å². The molecule has 1 aliphatic rings. The molecule has 4 rings (SSSR count). The number of hydrogen-bond donors (Lipinski definition) is 1. The van der Waals surface area contributed by atoms with Crippen LogP contribution in [0.15, 0.2) is 37.0 Å². The molecule has 0 unspecified atom stereocenters. The number of rotatable bonds is 5. The normalized spacial score (nSPS) is 14.6. The monoisotopic (exact) mass is 452 g/mol. The van der Waals surface area contributed by atoms with Crippen molar-refractivity contribution in [3.8, 4) is 11.1 Å². The molecule has 5 heteroatoms. The van der Waals surface area contributed by atoms with E-state index in [0.717, 1.165) is 44.4 Å². The second kappa shape index (κ2) is 9.02. The van der Waals surface area contributed by atoms with Crippen molar-refractivity contribution in [2.45, 2.75) is 52.0 Å². The summed E-state index contributed by atoms with van der Waals surface area (Å²) in [7, 11) is 0. The summed E-state index contributed by atoms with van der Waals surface area (Å²) in [6, 6.07) is 8.30. The molecule has 31 heavy (non-hydrogen) atoms. The molecule has 160 valence electrons. The summed E-state index contributed by atoms with van der Waals surface area (Å²) in [6.45, 7) is 8.24. The fourth-order valence-corrected chi connectivity index (χ4v) is 5.01. The van der Waals surface area contributed by atoms with Crippen LogP contribution in [-0.2, 0) is 0 Å². The van der Waals surface area contributed by atoms with Crippen molar-refractivity contribution < 1.29 is 4.79 Å². The van der Waals surface area contributed by atoms with E-state index in [1.54, 1.807) is 12.1 Å². The first-order valence-corrected chi connectivity index (χ1v) is 11.4. The molecule has 0 saturated heterocycles. The van der Waals surface area contributed by atoms with Crippen LogP contribution in [0.4, 0.5) is 5.69 Å². The zero-order valence-corrected chi connectivity index (χ0v) is 19.4. The van der Waals surface area contributed by atoms with Gasteiger partial charge in [-0.2, -0.15) is 0 Å². The Morgan fingerprint density at radius 1 is 1.13 bits per heavy atom. The first-order valence-electron chi connectivity index (χ1n) is 10.7. The van der Waals surface area contributed by atoms with Gasteiger partial charge in [-0.1, -0.05) is 49.0 Å². The zero-order valence-electron chi connectivity index (χ0n) is 17.9. The first kappa shape index (κ1) is 21.9. The van der Waals surface area contributed by atoms with Crippen molar-refractivity contribution in [2.75, 3.05) is 5.32 Å². The van der Waals surface area contributed by atoms with Crippen LogP contribution in [0.2, 0.25) is 10.0 Å². The van der Waals surface area contributed by atoms with Crippen molar-refractivity contribution in [3.63, 3.8) is 0 Å². The first-order chi connectivity index (χ1) is 14.9. The van der Waals surface area contributed by atoms with E-state index in [0.29, 0.717) is 27.9 Å². The lowest BCUT2D eigenvalue weighted by Gasteiger charge is -2.26. The highest BCUT2D eigenvalue weighted by molar-refractivity contribution is 6.39. The summed E-state index contributed by atoms with van der Waals surface area (Å²) < 4.78 is 0. The van der Waals surface area contributed by atoms with Crippen molar-refractivity contribution in [3.05, 3.63) is 63.8 Å². The van der Waals surface area contributed by atoms with Crippen molar-refractivity contribution in [2.24, 2.45) is 0 Å². The summed E-state index contributed by atoms with van der Waals surface area (Å²) in [4.78, 5) is 16.0. The Kier molecular flexibility index (Phi) is 6.36. The van der Waals surface area contributed by atoms with E-state index in [-0.39, 0.29) is 0 Å². The molecule has 1 aromatic heterocycles. The minimum absolute atomic E-state index is 0.316. The Labute approximate surface area is 193 Å². The highest BCUT2D eigenvalue weighted by Gasteiger charge is 2.19. The van der Waals surface area contributed by atoms with E-state index < -0.39 is 0 Å². The summed E-state index contributed by atoms with van der Waals surface area (Å²) in [5, 5.41) is 5.57. The van der Waals surface area contributed by atoms with Crippen LogP contribution in [0.1, 0.15) is 60.5 Å². The van der Waals surface area contributed by atoms with Crippen molar-refractivity contribution >= 4 is 51.7 Å². The maximum atomic E-state index is 11.3. The van der Waals surface area contributed by atoms with E-state index in [1.807, 2.05) is 20.0 Å². The molecule has 0 radical (unpaired) electrons. The largest absolute Gasteiger partial charge is 0.381 e. The van der Waals surface area contributed by atoms with Crippen LogP contribution in [0.25, 0.3) is 27.6 Å². The van der Waals surface area contributed by atoms with Crippen LogP contribution in [-0.4, -0.2) is 17.3 Å². The van der Waals surface area contributed by atoms with Gasteiger partial charge in [-0.25, -0.2) is 0 Å². The van der Waals surface area contributed by atoms with Gasteiger partial charge < -0.3 is 5.32 Å². The number of anilines is 1. The fraction of sp³-hybridized carbons (Fsp3) is 0.308. The lowest BCUT2D eigenvalue weighted by molar-refractivity contribution is 0.112. The highest BCUT2D eigenvalue weighted by Crippen LogP contribution is 2.38. The van der Waals surface area contributed by atoms with E-state index >= 15 is 0 Å². The molecule has 0 aliphatic heterocycles. The van der Waals surface area contributed by atoms with E-state index in [2.05, 4.69) is 24.0 Å². The molecular formula is C26H26Cl2N2O. The lowest BCUT2D eigenvalue weighted by atomic mass is 9.93. The number of halogens is 2. The SMILES string of the molecule is C=C(C)c1cnc2cc(C)c(-c3cc(Cl)c(C=O)c(Cl)c3)cc2c1NC1CCCCC1. The number of fused-ring (bicyclic) bond motifs is 1. The number of aldehydes is 1. The van der Waals surface area contributed by atoms with Gasteiger partial charge in [-0.05, 0) is 73.2 Å². The minimum atomic E-state index is 0.316. The number of benzene rings is 2. The Morgan fingerprint density at radius 3 is 2.42 bits per heavy atom. The van der Waals surface area contributed by atoms with Crippen LogP contribution < -0.4 is 5.32 Å². The molecule has 3 aromatic rings. The van der Waals surface area contributed by atoms with Crippen molar-refractivity contribution in [1.82, 2.24) is 4.98 Å². The maximum absolute atomic E-state index is 11.3. The van der Waals surface area contributed by atoms with E-state index in [1.165, 1.54) is 32.1 Å². The molecule has 3 nitrogen and oxygen atoms in total. The number of carbonyl (C=O) groups excluding carboxylic acids is 1. The molecule has 1 saturated carbocycles. The topological polar surface area (TPSA) is 42.0 Å². The number of nitrogens with zero attached hydrogens (tertiary/aromatic N) is 1. The number of allylic oxidation sites excluding steroid dienone is 1. The third-order valence-electron chi connectivity index (χ3n) is 6.14. The van der Waals surface area contributed by atoms with Gasteiger partial charge >= 0.3 is 0 Å². The minimum Gasteiger partial charge on any atom is -0.381 e.